The van der Waals surface area contributed by atoms with E-state index in [9.17, 15) is 22.4 Å². The van der Waals surface area contributed by atoms with E-state index in [1.807, 2.05) is 12.1 Å². The average molecular weight is 562 g/mol. The monoisotopic (exact) mass is 561 g/mol. The molecule has 1 amide bonds. The Balaban J connectivity index is 1.36. The predicted molar refractivity (Wildman–Crippen MR) is 143 cm³/mol. The zero-order valence-electron chi connectivity index (χ0n) is 21.5. The minimum absolute atomic E-state index is 0.0174. The van der Waals surface area contributed by atoms with Crippen LogP contribution in [0.25, 0.3) is 27.7 Å². The second-order valence-corrected chi connectivity index (χ2v) is 9.84. The van der Waals surface area contributed by atoms with Gasteiger partial charge in [0, 0.05) is 46.7 Å². The smallest absolute Gasteiger partial charge is 0.282 e. The van der Waals surface area contributed by atoms with Gasteiger partial charge in [-0.1, -0.05) is 6.58 Å². The molecule has 0 bridgehead atoms. The van der Waals surface area contributed by atoms with Gasteiger partial charge in [0.1, 0.15) is 35.8 Å². The molecule has 2 N–H and O–H groups in total. The Bertz CT molecular complexity index is 1780. The molecule has 0 spiro atoms. The summed E-state index contributed by atoms with van der Waals surface area (Å²) in [6.07, 6.45) is 4.35. The molecule has 0 fully saturated rings. The molecule has 0 aliphatic heterocycles. The van der Waals surface area contributed by atoms with E-state index < -0.39 is 30.0 Å². The van der Waals surface area contributed by atoms with E-state index in [-0.39, 0.29) is 24.2 Å². The molecular formula is C29H23F4N7O. The molecule has 4 heterocycles. The van der Waals surface area contributed by atoms with Crippen LogP contribution in [0.2, 0.25) is 0 Å². The van der Waals surface area contributed by atoms with Gasteiger partial charge in [-0.2, -0.15) is 5.10 Å². The molecule has 0 radical (unpaired) electrons. The number of halogens is 4. The first-order chi connectivity index (χ1) is 19.8. The average Bonchev–Trinajstić information content (AvgIpc) is 3.64. The number of hydrogen-bond acceptors (Lipinski definition) is 5. The fourth-order valence-electron chi connectivity index (χ4n) is 5.33. The third kappa shape index (κ3) is 5.20. The summed E-state index contributed by atoms with van der Waals surface area (Å²) in [4.78, 5) is 29.4. The number of rotatable bonds is 8. The molecule has 5 aromatic rings. The first kappa shape index (κ1) is 26.4. The van der Waals surface area contributed by atoms with Crippen LogP contribution in [-0.4, -0.2) is 35.6 Å². The number of H-pyrrole nitrogens is 1. The second kappa shape index (κ2) is 10.6. The third-order valence-corrected chi connectivity index (χ3v) is 7.07. The van der Waals surface area contributed by atoms with E-state index in [1.54, 1.807) is 18.6 Å². The maximum absolute atomic E-state index is 14.1. The molecular weight excluding hydrogens is 538 g/mol. The highest BCUT2D eigenvalue weighted by Gasteiger charge is 2.30. The van der Waals surface area contributed by atoms with Gasteiger partial charge in [-0.15, -0.1) is 0 Å². The number of fused-ring (bicyclic) bond motifs is 2. The van der Waals surface area contributed by atoms with Gasteiger partial charge >= 0.3 is 0 Å². The van der Waals surface area contributed by atoms with E-state index >= 15 is 0 Å². The van der Waals surface area contributed by atoms with Gasteiger partial charge in [0.15, 0.2) is 0 Å². The van der Waals surface area contributed by atoms with Crippen LogP contribution in [0.15, 0.2) is 61.8 Å². The van der Waals surface area contributed by atoms with Gasteiger partial charge < -0.3 is 10.3 Å². The molecule has 8 nitrogen and oxygen atoms in total. The highest BCUT2D eigenvalue weighted by Crippen LogP contribution is 2.37. The van der Waals surface area contributed by atoms with Crippen molar-refractivity contribution >= 4 is 22.5 Å². The Morgan fingerprint density at radius 2 is 1.88 bits per heavy atom. The van der Waals surface area contributed by atoms with Gasteiger partial charge in [-0.05, 0) is 54.7 Å². The van der Waals surface area contributed by atoms with Crippen LogP contribution >= 0.6 is 0 Å². The largest absolute Gasteiger partial charge is 0.346 e. The Kier molecular flexibility index (Phi) is 6.82. The third-order valence-electron chi connectivity index (χ3n) is 7.07. The van der Waals surface area contributed by atoms with Crippen LogP contribution in [-0.2, 0) is 24.2 Å². The zero-order valence-corrected chi connectivity index (χ0v) is 21.5. The van der Waals surface area contributed by atoms with Crippen molar-refractivity contribution in [2.24, 2.45) is 0 Å². The number of benzene rings is 1. The summed E-state index contributed by atoms with van der Waals surface area (Å²) in [5, 5.41) is 7.72. The summed E-state index contributed by atoms with van der Waals surface area (Å²) in [6, 6.07) is 5.98. The molecule has 12 heteroatoms. The van der Waals surface area contributed by atoms with Crippen LogP contribution in [0.3, 0.4) is 0 Å². The molecule has 1 aliphatic carbocycles. The van der Waals surface area contributed by atoms with Gasteiger partial charge in [-0.3, -0.25) is 9.48 Å². The number of aromatic amines is 1. The number of aromatic nitrogens is 6. The van der Waals surface area contributed by atoms with Crippen molar-refractivity contribution in [3.8, 4) is 11.1 Å². The quantitative estimate of drug-likeness (QED) is 0.244. The molecule has 208 valence electrons. The first-order valence-corrected chi connectivity index (χ1v) is 12.8. The maximum atomic E-state index is 14.1. The van der Waals surface area contributed by atoms with Crippen LogP contribution in [0.5, 0.6) is 0 Å². The second-order valence-electron chi connectivity index (χ2n) is 9.84. The lowest BCUT2D eigenvalue weighted by molar-refractivity contribution is -0.122. The molecule has 0 saturated carbocycles. The molecule has 6 rings (SSSR count). The maximum Gasteiger partial charge on any atom is 0.282 e. The van der Waals surface area contributed by atoms with Crippen LogP contribution in [0, 0.1) is 11.6 Å². The number of carbonyl (C=O) groups is 1. The van der Waals surface area contributed by atoms with Gasteiger partial charge in [0.25, 0.3) is 6.43 Å². The zero-order chi connectivity index (χ0) is 28.7. The standard InChI is InChI=1S/C29H23F4N7O/c1-15-2-3-21-26(28(32)33)39-40(27(15)21)13-24(41)38-23(8-16-6-19(30)10-20(31)7-16)25-22(12-34-14-37-25)18-9-17-4-5-35-29(17)36-11-18/h4-7,9-12,14,23,28H,1-3,8,13H2,(H,35,36)(H,38,41)/t23-/m0/s1. The number of nitrogens with zero attached hydrogens (tertiary/aromatic N) is 5. The Morgan fingerprint density at radius 3 is 2.66 bits per heavy atom. The summed E-state index contributed by atoms with van der Waals surface area (Å²) < 4.78 is 56.7. The van der Waals surface area contributed by atoms with E-state index in [0.29, 0.717) is 52.1 Å². The lowest BCUT2D eigenvalue weighted by Crippen LogP contribution is -2.34. The number of alkyl halides is 2. The van der Waals surface area contributed by atoms with Crippen molar-refractivity contribution in [2.75, 3.05) is 0 Å². The Hall–Kier alpha value is -4.87. The van der Waals surface area contributed by atoms with Crippen molar-refractivity contribution in [1.82, 2.24) is 35.0 Å². The number of carbonyl (C=O) groups excluding carboxylic acids is 1. The summed E-state index contributed by atoms with van der Waals surface area (Å²) in [6.45, 7) is 3.58. The minimum Gasteiger partial charge on any atom is -0.346 e. The highest BCUT2D eigenvalue weighted by molar-refractivity contribution is 5.82. The van der Waals surface area contributed by atoms with Crippen molar-refractivity contribution in [3.63, 3.8) is 0 Å². The van der Waals surface area contributed by atoms with E-state index in [4.69, 9.17) is 0 Å². The number of pyridine rings is 1. The molecule has 1 aromatic carbocycles. The van der Waals surface area contributed by atoms with Crippen LogP contribution in [0.1, 0.15) is 47.1 Å². The molecule has 41 heavy (non-hydrogen) atoms. The van der Waals surface area contributed by atoms with Gasteiger partial charge in [0.05, 0.1) is 17.4 Å². The lowest BCUT2D eigenvalue weighted by atomic mass is 9.96. The normalized spacial score (nSPS) is 13.6. The predicted octanol–water partition coefficient (Wildman–Crippen LogP) is 5.49. The summed E-state index contributed by atoms with van der Waals surface area (Å²) in [5.41, 5.74) is 3.68. The highest BCUT2D eigenvalue weighted by atomic mass is 19.3. The molecule has 0 saturated heterocycles. The van der Waals surface area contributed by atoms with Crippen molar-refractivity contribution in [3.05, 3.63) is 102 Å². The Morgan fingerprint density at radius 1 is 1.07 bits per heavy atom. The number of allylic oxidation sites excluding steroid dienone is 1. The van der Waals surface area contributed by atoms with E-state index in [2.05, 4.69) is 36.9 Å². The van der Waals surface area contributed by atoms with E-state index in [1.165, 1.54) is 23.1 Å². The van der Waals surface area contributed by atoms with Gasteiger partial charge in [-0.25, -0.2) is 32.5 Å². The van der Waals surface area contributed by atoms with Crippen LogP contribution < -0.4 is 5.32 Å². The van der Waals surface area contributed by atoms with Crippen molar-refractivity contribution < 1.29 is 22.4 Å². The number of amides is 1. The summed E-state index contributed by atoms with van der Waals surface area (Å²) in [5.74, 6) is -2.08. The SMILES string of the molecule is C=C1CCc2c(C(F)F)nn(CC(=O)N[C@@H](Cc3cc(F)cc(F)c3)c3ncncc3-c3cnc4[nH]ccc4c3)c21. The lowest BCUT2D eigenvalue weighted by Gasteiger charge is -2.21. The van der Waals surface area contributed by atoms with Crippen LogP contribution in [0.4, 0.5) is 17.6 Å². The fourth-order valence-corrected chi connectivity index (χ4v) is 5.33. The molecule has 0 unspecified atom stereocenters. The number of nitrogens with one attached hydrogen (secondary N) is 2. The summed E-state index contributed by atoms with van der Waals surface area (Å²) >= 11 is 0. The molecule has 4 aromatic heterocycles. The Labute approximate surface area is 231 Å². The van der Waals surface area contributed by atoms with E-state index in [0.717, 1.165) is 11.5 Å². The number of hydrogen-bond donors (Lipinski definition) is 2. The fraction of sp³-hybridized carbons (Fsp3) is 0.207. The molecule has 1 aliphatic rings. The molecule has 1 atom stereocenters. The minimum atomic E-state index is -2.79. The topological polar surface area (TPSA) is 101 Å². The first-order valence-electron chi connectivity index (χ1n) is 12.8. The van der Waals surface area contributed by atoms with Gasteiger partial charge in [0.2, 0.25) is 5.91 Å². The summed E-state index contributed by atoms with van der Waals surface area (Å²) in [7, 11) is 0. The van der Waals surface area contributed by atoms with Crippen molar-refractivity contribution in [1.29, 1.82) is 0 Å². The van der Waals surface area contributed by atoms with Crippen molar-refractivity contribution in [2.45, 2.75) is 38.3 Å².